The third-order valence-electron chi connectivity index (χ3n) is 2.90. The molecule has 0 aromatic carbocycles. The lowest BCUT2D eigenvalue weighted by molar-refractivity contribution is -0.117. The van der Waals surface area contributed by atoms with E-state index in [2.05, 4.69) is 20.9 Å². The molecule has 0 saturated carbocycles. The molecular weight excluding hydrogens is 316 g/mol. The summed E-state index contributed by atoms with van der Waals surface area (Å²) in [6.07, 6.45) is 0.460. The van der Waals surface area contributed by atoms with Crippen LogP contribution in [0.5, 0.6) is 0 Å². The van der Waals surface area contributed by atoms with E-state index in [1.165, 1.54) is 4.90 Å². The van der Waals surface area contributed by atoms with Gasteiger partial charge < -0.3 is 9.15 Å². The van der Waals surface area contributed by atoms with Crippen LogP contribution in [0.4, 0.5) is 6.01 Å². The van der Waals surface area contributed by atoms with Crippen molar-refractivity contribution in [3.63, 3.8) is 0 Å². The number of amides is 1. The fourth-order valence-electron chi connectivity index (χ4n) is 1.95. The van der Waals surface area contributed by atoms with Gasteiger partial charge in [0.2, 0.25) is 11.7 Å². The summed E-state index contributed by atoms with van der Waals surface area (Å²) < 4.78 is 10.3. The third-order valence-corrected chi connectivity index (χ3v) is 3.82. The van der Waals surface area contributed by atoms with Crippen molar-refractivity contribution >= 4 is 33.8 Å². The highest BCUT2D eigenvalue weighted by Gasteiger charge is 2.34. The number of carbonyl (C=O) groups is 2. The number of aryl methyl sites for hydroxylation is 1. The van der Waals surface area contributed by atoms with Gasteiger partial charge in [0.1, 0.15) is 0 Å². The van der Waals surface area contributed by atoms with Crippen molar-refractivity contribution in [1.29, 1.82) is 0 Å². The Balaban J connectivity index is 2.20. The molecule has 0 N–H and O–H groups in total. The van der Waals surface area contributed by atoms with E-state index in [0.29, 0.717) is 18.7 Å². The standard InChI is InChI=1S/C12H15BrN2O4/c1-3-18-11(17)10-7(2)14-12(19-10)15-6-8(5-13)4-9(15)16/h8H,3-6H2,1-2H3. The number of oxazole rings is 1. The summed E-state index contributed by atoms with van der Waals surface area (Å²) in [7, 11) is 0. The molecule has 0 aliphatic carbocycles. The molecule has 104 valence electrons. The van der Waals surface area contributed by atoms with E-state index < -0.39 is 5.97 Å². The van der Waals surface area contributed by atoms with Crippen LogP contribution >= 0.6 is 15.9 Å². The molecule has 6 nitrogen and oxygen atoms in total. The van der Waals surface area contributed by atoms with Crippen LogP contribution in [-0.4, -0.2) is 35.3 Å². The molecule has 1 amide bonds. The van der Waals surface area contributed by atoms with Gasteiger partial charge in [0.05, 0.1) is 12.3 Å². The van der Waals surface area contributed by atoms with E-state index in [1.54, 1.807) is 13.8 Å². The van der Waals surface area contributed by atoms with Crippen molar-refractivity contribution < 1.29 is 18.7 Å². The van der Waals surface area contributed by atoms with Gasteiger partial charge in [-0.05, 0) is 19.8 Å². The molecule has 19 heavy (non-hydrogen) atoms. The van der Waals surface area contributed by atoms with Gasteiger partial charge in [-0.2, -0.15) is 4.98 Å². The zero-order valence-corrected chi connectivity index (χ0v) is 12.4. The maximum Gasteiger partial charge on any atom is 0.376 e. The highest BCUT2D eigenvalue weighted by molar-refractivity contribution is 9.09. The minimum atomic E-state index is -0.553. The highest BCUT2D eigenvalue weighted by atomic mass is 79.9. The number of alkyl halides is 1. The number of ether oxygens (including phenoxy) is 1. The van der Waals surface area contributed by atoms with Crippen molar-refractivity contribution in [3.8, 4) is 0 Å². The van der Waals surface area contributed by atoms with Crippen LogP contribution in [0, 0.1) is 12.8 Å². The van der Waals surface area contributed by atoms with Crippen LogP contribution in [0.15, 0.2) is 4.42 Å². The molecule has 1 unspecified atom stereocenters. The molecule has 0 radical (unpaired) electrons. The van der Waals surface area contributed by atoms with Crippen LogP contribution < -0.4 is 4.90 Å². The Labute approximate surface area is 119 Å². The molecule has 1 aromatic rings. The van der Waals surface area contributed by atoms with Gasteiger partial charge in [0, 0.05) is 18.3 Å². The molecule has 7 heteroatoms. The molecule has 0 spiro atoms. The Kier molecular flexibility index (Phi) is 4.24. The molecule has 2 rings (SSSR count). The number of aromatic nitrogens is 1. The first kappa shape index (κ1) is 14.0. The maximum atomic E-state index is 11.8. The van der Waals surface area contributed by atoms with Crippen molar-refractivity contribution in [2.45, 2.75) is 20.3 Å². The summed E-state index contributed by atoms with van der Waals surface area (Å²) in [5.41, 5.74) is 0.434. The lowest BCUT2D eigenvalue weighted by atomic mass is 10.2. The van der Waals surface area contributed by atoms with E-state index in [1.807, 2.05) is 0 Å². The summed E-state index contributed by atoms with van der Waals surface area (Å²) in [5, 5.41) is 0.750. The van der Waals surface area contributed by atoms with Crippen LogP contribution in [0.3, 0.4) is 0 Å². The summed E-state index contributed by atoms with van der Waals surface area (Å²) >= 11 is 3.36. The second-order valence-electron chi connectivity index (χ2n) is 4.36. The van der Waals surface area contributed by atoms with E-state index in [4.69, 9.17) is 9.15 Å². The minimum absolute atomic E-state index is 0.0406. The van der Waals surface area contributed by atoms with Crippen LogP contribution in [0.2, 0.25) is 0 Å². The Morgan fingerprint density at radius 1 is 1.63 bits per heavy atom. The van der Waals surface area contributed by atoms with Gasteiger partial charge in [0.15, 0.2) is 0 Å². The normalized spacial score (nSPS) is 19.0. The van der Waals surface area contributed by atoms with Gasteiger partial charge in [0.25, 0.3) is 0 Å². The SMILES string of the molecule is CCOC(=O)c1oc(N2CC(CBr)CC2=O)nc1C. The lowest BCUT2D eigenvalue weighted by Gasteiger charge is -2.10. The van der Waals surface area contributed by atoms with Gasteiger partial charge in [-0.25, -0.2) is 4.79 Å². The molecule has 1 aliphatic heterocycles. The zero-order valence-electron chi connectivity index (χ0n) is 10.8. The fraction of sp³-hybridized carbons (Fsp3) is 0.583. The first-order valence-electron chi connectivity index (χ1n) is 6.07. The average Bonchev–Trinajstić information content (AvgIpc) is 2.92. The monoisotopic (exact) mass is 330 g/mol. The topological polar surface area (TPSA) is 72.6 Å². The summed E-state index contributed by atoms with van der Waals surface area (Å²) in [5.74, 6) is -0.291. The lowest BCUT2D eigenvalue weighted by Crippen LogP contribution is -2.24. The van der Waals surface area contributed by atoms with Gasteiger partial charge in [-0.1, -0.05) is 15.9 Å². The number of halogens is 1. The number of rotatable bonds is 4. The fourth-order valence-corrected chi connectivity index (χ4v) is 2.39. The van der Waals surface area contributed by atoms with Crippen molar-refractivity contribution in [1.82, 2.24) is 4.98 Å². The molecule has 1 saturated heterocycles. The number of hydrogen-bond acceptors (Lipinski definition) is 5. The first-order chi connectivity index (χ1) is 9.06. The molecule has 1 fully saturated rings. The average molecular weight is 331 g/mol. The largest absolute Gasteiger partial charge is 0.460 e. The predicted octanol–water partition coefficient (Wildman–Crippen LogP) is 1.91. The molecule has 1 aliphatic rings. The summed E-state index contributed by atoms with van der Waals surface area (Å²) in [4.78, 5) is 29.1. The van der Waals surface area contributed by atoms with Crippen LogP contribution in [0.25, 0.3) is 0 Å². The summed E-state index contributed by atoms with van der Waals surface area (Å²) in [6.45, 7) is 4.19. The number of nitrogens with zero attached hydrogens (tertiary/aromatic N) is 2. The Bertz CT molecular complexity index is 500. The van der Waals surface area contributed by atoms with Crippen molar-refractivity contribution in [2.75, 3.05) is 23.4 Å². The Hall–Kier alpha value is -1.37. The number of anilines is 1. The third kappa shape index (κ3) is 2.80. The van der Waals surface area contributed by atoms with Crippen molar-refractivity contribution in [2.24, 2.45) is 5.92 Å². The van der Waals surface area contributed by atoms with E-state index in [-0.39, 0.29) is 30.2 Å². The van der Waals surface area contributed by atoms with Gasteiger partial charge in [-0.3, -0.25) is 9.69 Å². The number of esters is 1. The molecular formula is C12H15BrN2O4. The van der Waals surface area contributed by atoms with Crippen molar-refractivity contribution in [3.05, 3.63) is 11.5 Å². The van der Waals surface area contributed by atoms with E-state index >= 15 is 0 Å². The highest BCUT2D eigenvalue weighted by Crippen LogP contribution is 2.27. The number of carbonyl (C=O) groups excluding carboxylic acids is 2. The quantitative estimate of drug-likeness (QED) is 0.622. The Morgan fingerprint density at radius 2 is 2.37 bits per heavy atom. The van der Waals surface area contributed by atoms with Crippen LogP contribution in [0.1, 0.15) is 29.6 Å². The first-order valence-corrected chi connectivity index (χ1v) is 7.19. The molecule has 1 aromatic heterocycles. The maximum absolute atomic E-state index is 11.8. The second kappa shape index (κ2) is 5.73. The number of hydrogen-bond donors (Lipinski definition) is 0. The second-order valence-corrected chi connectivity index (χ2v) is 5.01. The molecule has 1 atom stereocenters. The molecule has 2 heterocycles. The Morgan fingerprint density at radius 3 is 2.95 bits per heavy atom. The van der Waals surface area contributed by atoms with Gasteiger partial charge >= 0.3 is 12.0 Å². The summed E-state index contributed by atoms with van der Waals surface area (Å²) in [6, 6.07) is 0.175. The smallest absolute Gasteiger partial charge is 0.376 e. The predicted molar refractivity (Wildman–Crippen MR) is 71.5 cm³/mol. The zero-order chi connectivity index (χ0) is 14.0. The van der Waals surface area contributed by atoms with Crippen LogP contribution in [-0.2, 0) is 9.53 Å². The minimum Gasteiger partial charge on any atom is -0.460 e. The molecule has 0 bridgehead atoms. The van der Waals surface area contributed by atoms with Gasteiger partial charge in [-0.15, -0.1) is 0 Å². The van der Waals surface area contributed by atoms with E-state index in [0.717, 1.165) is 5.33 Å². The van der Waals surface area contributed by atoms with E-state index in [9.17, 15) is 9.59 Å².